The van der Waals surface area contributed by atoms with Gasteiger partial charge in [0.15, 0.2) is 5.96 Å². The van der Waals surface area contributed by atoms with Crippen LogP contribution in [0.2, 0.25) is 0 Å². The van der Waals surface area contributed by atoms with Crippen molar-refractivity contribution < 1.29 is 22.7 Å². The van der Waals surface area contributed by atoms with Crippen LogP contribution in [0.25, 0.3) is 0 Å². The fourth-order valence-electron chi connectivity index (χ4n) is 3.50. The van der Waals surface area contributed by atoms with Gasteiger partial charge in [0, 0.05) is 20.1 Å². The molecule has 1 aliphatic rings. The Bertz CT molecular complexity index is 925. The molecule has 1 fully saturated rings. The predicted molar refractivity (Wildman–Crippen MR) is 132 cm³/mol. The largest absolute Gasteiger partial charge is 0.416 e. The number of carbonyl (C=O) groups is 1. The van der Waals surface area contributed by atoms with E-state index in [9.17, 15) is 18.0 Å². The molecule has 10 heteroatoms. The van der Waals surface area contributed by atoms with Crippen LogP contribution in [-0.2, 0) is 22.1 Å². The van der Waals surface area contributed by atoms with Crippen LogP contribution in [0.5, 0.6) is 0 Å². The quantitative estimate of drug-likeness (QED) is 0.314. The third-order valence-corrected chi connectivity index (χ3v) is 5.15. The Morgan fingerprint density at radius 1 is 1.15 bits per heavy atom. The first kappa shape index (κ1) is 26.9. The predicted octanol–water partition coefficient (Wildman–Crippen LogP) is 3.63. The first-order valence-electron chi connectivity index (χ1n) is 10.4. The minimum absolute atomic E-state index is 0. The van der Waals surface area contributed by atoms with Crippen molar-refractivity contribution in [1.82, 2.24) is 15.5 Å². The van der Waals surface area contributed by atoms with Gasteiger partial charge >= 0.3 is 6.18 Å². The van der Waals surface area contributed by atoms with Gasteiger partial charge in [0.05, 0.1) is 25.3 Å². The Balaban J connectivity index is 0.00000385. The van der Waals surface area contributed by atoms with Crippen LogP contribution in [0.4, 0.5) is 13.2 Å². The molecule has 180 valence electrons. The summed E-state index contributed by atoms with van der Waals surface area (Å²) in [5.41, 5.74) is 0.898. The van der Waals surface area contributed by atoms with Gasteiger partial charge in [-0.3, -0.25) is 9.79 Å². The smallest absolute Gasteiger partial charge is 0.370 e. The topological polar surface area (TPSA) is 66.0 Å². The number of halogens is 4. The molecule has 3 rings (SSSR count). The van der Waals surface area contributed by atoms with E-state index in [0.29, 0.717) is 37.8 Å². The highest BCUT2D eigenvalue weighted by Crippen LogP contribution is 2.32. The lowest BCUT2D eigenvalue weighted by Crippen LogP contribution is -2.50. The molecule has 0 spiro atoms. The minimum Gasteiger partial charge on any atom is -0.370 e. The number of nitrogens with one attached hydrogen (secondary N) is 2. The Kier molecular flexibility index (Phi) is 10.4. The van der Waals surface area contributed by atoms with Gasteiger partial charge < -0.3 is 20.3 Å². The summed E-state index contributed by atoms with van der Waals surface area (Å²) in [6.07, 6.45) is -4.19. The SMILES string of the molecule is CN=C(NCC(=O)NCCc1ccccc1)N1CCOC(c2cccc(C(F)(F)F)c2)C1.I. The summed E-state index contributed by atoms with van der Waals surface area (Å²) in [4.78, 5) is 18.3. The van der Waals surface area contributed by atoms with E-state index in [1.807, 2.05) is 35.2 Å². The molecule has 0 saturated carbocycles. The number of hydrogen-bond acceptors (Lipinski definition) is 3. The summed E-state index contributed by atoms with van der Waals surface area (Å²) in [5.74, 6) is 0.341. The van der Waals surface area contributed by atoms with Gasteiger partial charge in [0.2, 0.25) is 5.91 Å². The van der Waals surface area contributed by atoms with E-state index >= 15 is 0 Å². The molecule has 2 aromatic rings. The molecule has 0 aromatic heterocycles. The molecule has 2 aromatic carbocycles. The molecular formula is C23H28F3IN4O2. The summed E-state index contributed by atoms with van der Waals surface area (Å²) >= 11 is 0. The highest BCUT2D eigenvalue weighted by molar-refractivity contribution is 14.0. The Morgan fingerprint density at radius 2 is 1.91 bits per heavy atom. The van der Waals surface area contributed by atoms with Crippen LogP contribution in [0, 0.1) is 0 Å². The van der Waals surface area contributed by atoms with E-state index in [2.05, 4.69) is 15.6 Å². The number of guanidine groups is 1. The van der Waals surface area contributed by atoms with Gasteiger partial charge in [-0.1, -0.05) is 42.5 Å². The van der Waals surface area contributed by atoms with Crippen molar-refractivity contribution in [3.8, 4) is 0 Å². The van der Waals surface area contributed by atoms with Crippen LogP contribution in [-0.4, -0.2) is 56.6 Å². The number of hydrogen-bond donors (Lipinski definition) is 2. The van der Waals surface area contributed by atoms with E-state index in [4.69, 9.17) is 4.74 Å². The van der Waals surface area contributed by atoms with Crippen molar-refractivity contribution in [3.05, 3.63) is 71.3 Å². The maximum absolute atomic E-state index is 13.0. The first-order valence-corrected chi connectivity index (χ1v) is 10.4. The molecule has 0 bridgehead atoms. The minimum atomic E-state index is -4.41. The lowest BCUT2D eigenvalue weighted by Gasteiger charge is -2.35. The van der Waals surface area contributed by atoms with Gasteiger partial charge in [-0.15, -0.1) is 24.0 Å². The molecule has 1 atom stereocenters. The van der Waals surface area contributed by atoms with Gasteiger partial charge in [-0.05, 0) is 29.7 Å². The van der Waals surface area contributed by atoms with E-state index in [1.165, 1.54) is 6.07 Å². The van der Waals surface area contributed by atoms with Crippen molar-refractivity contribution in [2.45, 2.75) is 18.7 Å². The van der Waals surface area contributed by atoms with Crippen LogP contribution >= 0.6 is 24.0 Å². The van der Waals surface area contributed by atoms with E-state index < -0.39 is 17.8 Å². The molecule has 1 saturated heterocycles. The Morgan fingerprint density at radius 3 is 2.61 bits per heavy atom. The molecule has 1 heterocycles. The highest BCUT2D eigenvalue weighted by Gasteiger charge is 2.32. The van der Waals surface area contributed by atoms with E-state index in [0.717, 1.165) is 24.1 Å². The molecule has 33 heavy (non-hydrogen) atoms. The summed E-state index contributed by atoms with van der Waals surface area (Å²) in [6, 6.07) is 15.0. The van der Waals surface area contributed by atoms with E-state index in [1.54, 1.807) is 13.1 Å². The standard InChI is InChI=1S/C23H27F3N4O2.HI/c1-27-22(29-15-21(31)28-11-10-17-6-3-2-4-7-17)30-12-13-32-20(16-30)18-8-5-9-19(14-18)23(24,25)26;/h2-9,14,20H,10-13,15-16H2,1H3,(H,27,29)(H,28,31);1H. The molecule has 1 amide bonds. The molecule has 2 N–H and O–H groups in total. The zero-order valence-corrected chi connectivity index (χ0v) is 20.6. The monoisotopic (exact) mass is 576 g/mol. The average Bonchev–Trinajstić information content (AvgIpc) is 2.80. The number of morpholine rings is 1. The second-order valence-electron chi connectivity index (χ2n) is 7.41. The zero-order chi connectivity index (χ0) is 23.0. The second-order valence-corrected chi connectivity index (χ2v) is 7.41. The highest BCUT2D eigenvalue weighted by atomic mass is 127. The summed E-state index contributed by atoms with van der Waals surface area (Å²) < 4.78 is 44.8. The van der Waals surface area contributed by atoms with Gasteiger partial charge in [-0.2, -0.15) is 13.2 Å². The summed E-state index contributed by atoms with van der Waals surface area (Å²) in [5, 5.41) is 5.89. The number of carbonyl (C=O) groups excluding carboxylic acids is 1. The third kappa shape index (κ3) is 8.18. The van der Waals surface area contributed by atoms with Crippen LogP contribution in [0.1, 0.15) is 22.8 Å². The van der Waals surface area contributed by atoms with Gasteiger partial charge in [-0.25, -0.2) is 0 Å². The maximum Gasteiger partial charge on any atom is 0.416 e. The normalized spacial score (nSPS) is 16.7. The lowest BCUT2D eigenvalue weighted by molar-refractivity contribution is -0.137. The second kappa shape index (κ2) is 12.8. The molecular weight excluding hydrogens is 548 g/mol. The van der Waals surface area contributed by atoms with Crippen molar-refractivity contribution in [2.24, 2.45) is 4.99 Å². The van der Waals surface area contributed by atoms with Crippen molar-refractivity contribution in [3.63, 3.8) is 0 Å². The Labute approximate surface area is 208 Å². The molecule has 6 nitrogen and oxygen atoms in total. The number of ether oxygens (including phenoxy) is 1. The molecule has 1 unspecified atom stereocenters. The number of benzene rings is 2. The van der Waals surface area contributed by atoms with Gasteiger partial charge in [0.1, 0.15) is 6.10 Å². The van der Waals surface area contributed by atoms with Crippen molar-refractivity contribution >= 4 is 35.8 Å². The number of nitrogens with zero attached hydrogens (tertiary/aromatic N) is 2. The summed E-state index contributed by atoms with van der Waals surface area (Å²) in [6.45, 7) is 1.76. The fraction of sp³-hybridized carbons (Fsp3) is 0.391. The molecule has 1 aliphatic heterocycles. The molecule has 0 aliphatic carbocycles. The Hall–Kier alpha value is -2.34. The van der Waals surface area contributed by atoms with Gasteiger partial charge in [0.25, 0.3) is 0 Å². The fourth-order valence-corrected chi connectivity index (χ4v) is 3.50. The molecule has 0 radical (unpaired) electrons. The van der Waals surface area contributed by atoms with Crippen molar-refractivity contribution in [2.75, 3.05) is 39.8 Å². The number of alkyl halides is 3. The maximum atomic E-state index is 13.0. The number of rotatable bonds is 6. The van der Waals surface area contributed by atoms with Crippen molar-refractivity contribution in [1.29, 1.82) is 0 Å². The van der Waals surface area contributed by atoms with Crippen LogP contribution < -0.4 is 10.6 Å². The van der Waals surface area contributed by atoms with Crippen LogP contribution in [0.15, 0.2) is 59.6 Å². The zero-order valence-electron chi connectivity index (χ0n) is 18.3. The van der Waals surface area contributed by atoms with E-state index in [-0.39, 0.29) is 36.4 Å². The van der Waals surface area contributed by atoms with Crippen LogP contribution in [0.3, 0.4) is 0 Å². The number of amides is 1. The number of aliphatic imine (C=N–C) groups is 1. The first-order chi connectivity index (χ1) is 15.4. The summed E-state index contributed by atoms with van der Waals surface area (Å²) in [7, 11) is 1.60. The average molecular weight is 576 g/mol. The third-order valence-electron chi connectivity index (χ3n) is 5.15. The lowest BCUT2D eigenvalue weighted by atomic mass is 10.0.